The SMILES string of the molecule is CN=C/C(=C\N)C(O)(O)n1c(Cl)nc2c(Br)cc(SNC3(C)CC3)cc2c1=O. The van der Waals surface area contributed by atoms with E-state index in [1.807, 2.05) is 6.07 Å². The van der Waals surface area contributed by atoms with E-state index in [-0.39, 0.29) is 16.5 Å². The molecule has 1 saturated carbocycles. The molecule has 1 aliphatic rings. The Morgan fingerprint density at radius 1 is 1.54 bits per heavy atom. The molecule has 0 saturated heterocycles. The maximum atomic E-state index is 13.1. The molecule has 1 aromatic carbocycles. The third kappa shape index (κ3) is 3.98. The number of hydrogen-bond donors (Lipinski definition) is 4. The summed E-state index contributed by atoms with van der Waals surface area (Å²) in [4.78, 5) is 21.7. The molecule has 0 unspecified atom stereocenters. The molecule has 11 heteroatoms. The second kappa shape index (κ2) is 7.77. The third-order valence-electron chi connectivity index (χ3n) is 4.42. The van der Waals surface area contributed by atoms with Crippen LogP contribution in [0.5, 0.6) is 0 Å². The maximum absolute atomic E-state index is 13.1. The second-order valence-electron chi connectivity index (χ2n) is 6.73. The van der Waals surface area contributed by atoms with E-state index in [1.54, 1.807) is 6.07 Å². The minimum absolute atomic E-state index is 0.0935. The largest absolute Gasteiger partial charge is 0.404 e. The summed E-state index contributed by atoms with van der Waals surface area (Å²) in [6.07, 6.45) is 4.23. The maximum Gasteiger partial charge on any atom is 0.286 e. The topological polar surface area (TPSA) is 126 Å². The number of halogens is 2. The third-order valence-corrected chi connectivity index (χ3v) is 6.35. The molecular weight excluding hydrogens is 470 g/mol. The van der Waals surface area contributed by atoms with Gasteiger partial charge in [-0.3, -0.25) is 14.5 Å². The van der Waals surface area contributed by atoms with Crippen LogP contribution in [-0.2, 0) is 5.91 Å². The van der Waals surface area contributed by atoms with Gasteiger partial charge in [0, 0.05) is 34.4 Å². The van der Waals surface area contributed by atoms with Crippen molar-refractivity contribution in [2.75, 3.05) is 7.05 Å². The van der Waals surface area contributed by atoms with Gasteiger partial charge in [0.05, 0.1) is 16.5 Å². The molecule has 2 aromatic rings. The zero-order chi connectivity index (χ0) is 20.7. The van der Waals surface area contributed by atoms with E-state index < -0.39 is 16.8 Å². The van der Waals surface area contributed by atoms with Crippen LogP contribution in [0.3, 0.4) is 0 Å². The van der Waals surface area contributed by atoms with Gasteiger partial charge in [-0.1, -0.05) is 0 Å². The molecule has 28 heavy (non-hydrogen) atoms. The predicted octanol–water partition coefficient (Wildman–Crippen LogP) is 2.10. The smallest absolute Gasteiger partial charge is 0.286 e. The summed E-state index contributed by atoms with van der Waals surface area (Å²) in [6.45, 7) is 2.12. The van der Waals surface area contributed by atoms with Gasteiger partial charge in [0.1, 0.15) is 0 Å². The molecule has 1 aromatic heterocycles. The van der Waals surface area contributed by atoms with Crippen LogP contribution in [-0.4, -0.2) is 38.6 Å². The Morgan fingerprint density at radius 3 is 2.79 bits per heavy atom. The van der Waals surface area contributed by atoms with E-state index in [2.05, 4.69) is 37.6 Å². The number of rotatable bonds is 6. The lowest BCUT2D eigenvalue weighted by atomic mass is 10.2. The van der Waals surface area contributed by atoms with Crippen LogP contribution in [0, 0.1) is 0 Å². The van der Waals surface area contributed by atoms with Crippen molar-refractivity contribution in [1.29, 1.82) is 0 Å². The highest BCUT2D eigenvalue weighted by atomic mass is 79.9. The first kappa shape index (κ1) is 21.3. The summed E-state index contributed by atoms with van der Waals surface area (Å²) in [5.41, 5.74) is 4.90. The van der Waals surface area contributed by atoms with Crippen molar-refractivity contribution in [3.05, 3.63) is 44.0 Å². The Balaban J connectivity index is 2.15. The summed E-state index contributed by atoms with van der Waals surface area (Å²) in [5, 5.41) is 20.9. The van der Waals surface area contributed by atoms with Crippen LogP contribution in [0.15, 0.2) is 43.1 Å². The number of hydrogen-bond acceptors (Lipinski definition) is 8. The number of aromatic nitrogens is 2. The monoisotopic (exact) mass is 487 g/mol. The average Bonchev–Trinajstić information content (AvgIpc) is 3.36. The fraction of sp³-hybridized carbons (Fsp3) is 0.353. The molecule has 0 radical (unpaired) electrons. The van der Waals surface area contributed by atoms with Gasteiger partial charge in [-0.25, -0.2) is 9.55 Å². The Labute approximate surface area is 178 Å². The first-order valence-corrected chi connectivity index (χ1v) is 10.3. The normalized spacial score (nSPS) is 16.9. The Kier molecular flexibility index (Phi) is 5.91. The van der Waals surface area contributed by atoms with Crippen molar-refractivity contribution in [3.63, 3.8) is 0 Å². The molecule has 1 fully saturated rings. The van der Waals surface area contributed by atoms with E-state index in [1.165, 1.54) is 19.0 Å². The number of nitrogens with one attached hydrogen (secondary N) is 1. The van der Waals surface area contributed by atoms with Gasteiger partial charge >= 0.3 is 0 Å². The van der Waals surface area contributed by atoms with E-state index >= 15 is 0 Å². The van der Waals surface area contributed by atoms with E-state index in [4.69, 9.17) is 17.3 Å². The number of fused-ring (bicyclic) bond motifs is 1. The van der Waals surface area contributed by atoms with Crippen LogP contribution < -0.4 is 16.0 Å². The minimum atomic E-state index is -2.82. The van der Waals surface area contributed by atoms with Gasteiger partial charge in [-0.15, -0.1) is 0 Å². The van der Waals surface area contributed by atoms with Crippen molar-refractivity contribution >= 4 is 56.6 Å². The highest BCUT2D eigenvalue weighted by molar-refractivity contribution is 9.10. The molecule has 3 rings (SSSR count). The van der Waals surface area contributed by atoms with Crippen molar-refractivity contribution < 1.29 is 10.2 Å². The molecule has 5 N–H and O–H groups in total. The highest BCUT2D eigenvalue weighted by Crippen LogP contribution is 2.38. The van der Waals surface area contributed by atoms with Crippen molar-refractivity contribution in [2.24, 2.45) is 10.7 Å². The Hall–Kier alpha value is -1.43. The fourth-order valence-corrected chi connectivity index (χ4v) is 4.41. The van der Waals surface area contributed by atoms with Crippen LogP contribution >= 0.6 is 39.5 Å². The van der Waals surface area contributed by atoms with Crippen molar-refractivity contribution in [1.82, 2.24) is 14.3 Å². The lowest BCUT2D eigenvalue weighted by Crippen LogP contribution is -2.44. The van der Waals surface area contributed by atoms with Gasteiger partial charge in [-0.2, -0.15) is 0 Å². The molecule has 150 valence electrons. The lowest BCUT2D eigenvalue weighted by Gasteiger charge is -2.25. The molecule has 0 atom stereocenters. The van der Waals surface area contributed by atoms with E-state index in [9.17, 15) is 15.0 Å². The summed E-state index contributed by atoms with van der Waals surface area (Å²) < 4.78 is 4.49. The van der Waals surface area contributed by atoms with Gasteiger partial charge in [0.25, 0.3) is 11.5 Å². The summed E-state index contributed by atoms with van der Waals surface area (Å²) in [7, 11) is 1.43. The van der Waals surface area contributed by atoms with Crippen molar-refractivity contribution in [3.8, 4) is 0 Å². The summed E-state index contributed by atoms with van der Waals surface area (Å²) >= 11 is 10.9. The van der Waals surface area contributed by atoms with Crippen molar-refractivity contribution in [2.45, 2.75) is 36.1 Å². The average molecular weight is 489 g/mol. The Bertz CT molecular complexity index is 1050. The molecular formula is C17H19BrClN5O3S. The van der Waals surface area contributed by atoms with Gasteiger partial charge in [-0.05, 0) is 71.4 Å². The number of nitrogens with zero attached hydrogens (tertiary/aromatic N) is 3. The minimum Gasteiger partial charge on any atom is -0.404 e. The van der Waals surface area contributed by atoms with Crippen LogP contribution in [0.1, 0.15) is 19.8 Å². The van der Waals surface area contributed by atoms with Crippen LogP contribution in [0.2, 0.25) is 5.28 Å². The summed E-state index contributed by atoms with van der Waals surface area (Å²) in [5.74, 6) is -2.82. The van der Waals surface area contributed by atoms with Gasteiger partial charge < -0.3 is 15.9 Å². The number of aliphatic imine (C=N–C) groups is 1. The number of aliphatic hydroxyl groups is 2. The first-order valence-electron chi connectivity index (χ1n) is 8.28. The van der Waals surface area contributed by atoms with Gasteiger partial charge in [0.15, 0.2) is 0 Å². The molecule has 1 heterocycles. The molecule has 0 spiro atoms. The Morgan fingerprint density at radius 2 is 2.21 bits per heavy atom. The van der Waals surface area contributed by atoms with Crippen LogP contribution in [0.4, 0.5) is 0 Å². The first-order chi connectivity index (χ1) is 13.1. The molecule has 0 bridgehead atoms. The van der Waals surface area contributed by atoms with Crippen LogP contribution in [0.25, 0.3) is 10.9 Å². The fourth-order valence-electron chi connectivity index (χ4n) is 2.51. The second-order valence-corrected chi connectivity index (χ2v) is 8.80. The predicted molar refractivity (Wildman–Crippen MR) is 114 cm³/mol. The number of benzene rings is 1. The molecule has 8 nitrogen and oxygen atoms in total. The molecule has 0 amide bonds. The zero-order valence-corrected chi connectivity index (χ0v) is 18.3. The summed E-state index contributed by atoms with van der Waals surface area (Å²) in [6, 6.07) is 3.44. The van der Waals surface area contributed by atoms with E-state index in [0.29, 0.717) is 14.6 Å². The lowest BCUT2D eigenvalue weighted by molar-refractivity contribution is -0.193. The zero-order valence-electron chi connectivity index (χ0n) is 15.1. The van der Waals surface area contributed by atoms with Gasteiger partial charge in [0.2, 0.25) is 5.28 Å². The molecule has 0 aliphatic heterocycles. The van der Waals surface area contributed by atoms with E-state index in [0.717, 1.165) is 30.2 Å². The number of nitrogens with two attached hydrogens (primary N) is 1. The quantitative estimate of drug-likeness (QED) is 0.212. The standard InChI is InChI=1S/C17H19BrClN5O3S/c1-16(3-4-16)23-28-10-5-11-13(12(18)6-10)22-15(19)24(14(11)25)17(26,27)9(7-20)8-21-2/h5-8,23,26-27H,3-4,20H2,1-2H3/b9-7+,21-8?. The highest BCUT2D eigenvalue weighted by Gasteiger charge is 2.37. The molecule has 1 aliphatic carbocycles.